The average molecular weight is 379 g/mol. The van der Waals surface area contributed by atoms with Gasteiger partial charge in [-0.2, -0.15) is 9.97 Å². The van der Waals surface area contributed by atoms with Gasteiger partial charge in [-0.1, -0.05) is 11.6 Å². The first-order valence-corrected chi connectivity index (χ1v) is 8.34. The minimum absolute atomic E-state index is 0.113. The fourth-order valence-electron chi connectivity index (χ4n) is 2.43. The summed E-state index contributed by atoms with van der Waals surface area (Å²) in [6, 6.07) is 5.30. The highest BCUT2D eigenvalue weighted by molar-refractivity contribution is 6.31. The van der Waals surface area contributed by atoms with Crippen LogP contribution in [0.3, 0.4) is 0 Å². The Kier molecular flexibility index (Phi) is 4.78. The fraction of sp³-hybridized carbons (Fsp3) is 0.250. The molecular formula is C16H16Cl2N6O. The largest absolute Gasteiger partial charge is 0.338 e. The maximum absolute atomic E-state index is 11.3. The van der Waals surface area contributed by atoms with E-state index in [4.69, 9.17) is 23.2 Å². The van der Waals surface area contributed by atoms with Crippen LogP contribution in [0.5, 0.6) is 0 Å². The Hall–Kier alpha value is -2.38. The number of aromatic nitrogens is 4. The molecule has 0 aliphatic rings. The van der Waals surface area contributed by atoms with Gasteiger partial charge in [0, 0.05) is 29.4 Å². The number of amides is 1. The van der Waals surface area contributed by atoms with Crippen molar-refractivity contribution < 1.29 is 4.79 Å². The van der Waals surface area contributed by atoms with Gasteiger partial charge in [0.1, 0.15) is 0 Å². The van der Waals surface area contributed by atoms with E-state index in [9.17, 15) is 4.79 Å². The van der Waals surface area contributed by atoms with Crippen molar-refractivity contribution in [3.05, 3.63) is 34.8 Å². The van der Waals surface area contributed by atoms with E-state index in [-0.39, 0.29) is 17.2 Å². The summed E-state index contributed by atoms with van der Waals surface area (Å²) in [5.74, 6) is 0.279. The van der Waals surface area contributed by atoms with E-state index >= 15 is 0 Å². The number of halogens is 2. The van der Waals surface area contributed by atoms with Gasteiger partial charge in [0.2, 0.25) is 11.2 Å². The minimum atomic E-state index is -0.184. The second-order valence-corrected chi connectivity index (χ2v) is 6.57. The molecule has 0 aliphatic heterocycles. The van der Waals surface area contributed by atoms with E-state index in [1.807, 2.05) is 18.4 Å². The first-order valence-electron chi connectivity index (χ1n) is 7.59. The highest BCUT2D eigenvalue weighted by Crippen LogP contribution is 2.29. The van der Waals surface area contributed by atoms with Crippen LogP contribution in [0.15, 0.2) is 24.5 Å². The van der Waals surface area contributed by atoms with Gasteiger partial charge in [0.25, 0.3) is 0 Å². The Bertz CT molecular complexity index is 953. The molecule has 0 aliphatic carbocycles. The number of anilines is 3. The topological polar surface area (TPSA) is 84.7 Å². The third-order valence-electron chi connectivity index (χ3n) is 3.43. The van der Waals surface area contributed by atoms with E-state index in [1.165, 1.54) is 6.92 Å². The smallest absolute Gasteiger partial charge is 0.226 e. The molecular weight excluding hydrogens is 363 g/mol. The van der Waals surface area contributed by atoms with E-state index in [0.29, 0.717) is 33.4 Å². The number of nitrogens with one attached hydrogen (secondary N) is 2. The van der Waals surface area contributed by atoms with Crippen molar-refractivity contribution in [1.82, 2.24) is 19.5 Å². The minimum Gasteiger partial charge on any atom is -0.338 e. The number of nitrogens with zero attached hydrogens (tertiary/aromatic N) is 4. The summed E-state index contributed by atoms with van der Waals surface area (Å²) in [5.41, 5.74) is 2.46. The van der Waals surface area contributed by atoms with E-state index in [1.54, 1.807) is 24.5 Å². The second-order valence-electron chi connectivity index (χ2n) is 5.79. The average Bonchev–Trinajstić information content (AvgIpc) is 2.89. The number of imidazole rings is 1. The van der Waals surface area contributed by atoms with Gasteiger partial charge in [0.05, 0.1) is 6.33 Å². The normalized spacial score (nSPS) is 11.1. The van der Waals surface area contributed by atoms with Crippen molar-refractivity contribution in [3.8, 4) is 0 Å². The molecule has 0 fully saturated rings. The van der Waals surface area contributed by atoms with Crippen LogP contribution in [0.1, 0.15) is 26.8 Å². The Morgan fingerprint density at radius 3 is 2.56 bits per heavy atom. The quantitative estimate of drug-likeness (QED) is 0.656. The molecule has 0 saturated carbocycles. The molecule has 3 rings (SSSR count). The molecule has 1 aromatic carbocycles. The van der Waals surface area contributed by atoms with Crippen molar-refractivity contribution in [3.63, 3.8) is 0 Å². The number of fused-ring (bicyclic) bond motifs is 1. The number of benzene rings is 1. The predicted molar refractivity (Wildman–Crippen MR) is 99.8 cm³/mol. The summed E-state index contributed by atoms with van der Waals surface area (Å²) >= 11 is 12.2. The summed E-state index contributed by atoms with van der Waals surface area (Å²) in [7, 11) is 0. The monoisotopic (exact) mass is 378 g/mol. The molecule has 2 N–H and O–H groups in total. The summed E-state index contributed by atoms with van der Waals surface area (Å²) in [5, 5.41) is 6.43. The van der Waals surface area contributed by atoms with Gasteiger partial charge in [0.15, 0.2) is 17.0 Å². The Labute approximate surface area is 154 Å². The number of rotatable bonds is 4. The summed E-state index contributed by atoms with van der Waals surface area (Å²) in [6.45, 7) is 5.49. The lowest BCUT2D eigenvalue weighted by Crippen LogP contribution is -2.06. The molecule has 0 radical (unpaired) electrons. The zero-order chi connectivity index (χ0) is 18.1. The van der Waals surface area contributed by atoms with Crippen LogP contribution < -0.4 is 10.6 Å². The van der Waals surface area contributed by atoms with Gasteiger partial charge >= 0.3 is 0 Å². The van der Waals surface area contributed by atoms with Crippen LogP contribution in [-0.4, -0.2) is 25.4 Å². The second kappa shape index (κ2) is 6.85. The van der Waals surface area contributed by atoms with Crippen LogP contribution >= 0.6 is 23.2 Å². The zero-order valence-electron chi connectivity index (χ0n) is 13.8. The summed E-state index contributed by atoms with van der Waals surface area (Å²) in [6.07, 6.45) is 1.70. The zero-order valence-corrected chi connectivity index (χ0v) is 15.4. The SMILES string of the molecule is CC(=O)Nc1cc(Cl)cc(Nc2nc(Cl)nc3c2ncn3C(C)C)c1. The van der Waals surface area contributed by atoms with Crippen molar-refractivity contribution in [1.29, 1.82) is 0 Å². The Morgan fingerprint density at radius 2 is 1.88 bits per heavy atom. The first kappa shape index (κ1) is 17.4. The van der Waals surface area contributed by atoms with Crippen molar-refractivity contribution >= 4 is 57.5 Å². The van der Waals surface area contributed by atoms with Gasteiger partial charge in [-0.3, -0.25) is 4.79 Å². The number of carbonyl (C=O) groups is 1. The molecule has 3 aromatic rings. The standard InChI is InChI=1S/C16H16Cl2N6O/c1-8(2)24-7-19-13-14(22-16(18)23-15(13)24)21-12-5-10(17)4-11(6-12)20-9(3)25/h4-8H,1-3H3,(H,20,25)(H,21,22,23). The summed E-state index contributed by atoms with van der Waals surface area (Å²) in [4.78, 5) is 24.1. The van der Waals surface area contributed by atoms with Crippen LogP contribution in [0.4, 0.5) is 17.2 Å². The number of carbonyl (C=O) groups excluding carboxylic acids is 1. The van der Waals surface area contributed by atoms with E-state index in [2.05, 4.69) is 25.6 Å². The molecule has 0 spiro atoms. The van der Waals surface area contributed by atoms with Crippen molar-refractivity contribution in [2.24, 2.45) is 0 Å². The number of hydrogen-bond donors (Lipinski definition) is 2. The van der Waals surface area contributed by atoms with Crippen molar-refractivity contribution in [2.45, 2.75) is 26.8 Å². The van der Waals surface area contributed by atoms with E-state index in [0.717, 1.165) is 0 Å². The number of hydrogen-bond acceptors (Lipinski definition) is 5. The van der Waals surface area contributed by atoms with Crippen LogP contribution in [0, 0.1) is 0 Å². The molecule has 0 saturated heterocycles. The lowest BCUT2D eigenvalue weighted by Gasteiger charge is -2.11. The maximum atomic E-state index is 11.3. The molecule has 0 atom stereocenters. The molecule has 0 unspecified atom stereocenters. The highest BCUT2D eigenvalue weighted by Gasteiger charge is 2.15. The van der Waals surface area contributed by atoms with Crippen LogP contribution in [-0.2, 0) is 4.79 Å². The molecule has 1 amide bonds. The highest BCUT2D eigenvalue weighted by atomic mass is 35.5. The molecule has 2 aromatic heterocycles. The third-order valence-corrected chi connectivity index (χ3v) is 3.82. The molecule has 130 valence electrons. The van der Waals surface area contributed by atoms with Gasteiger partial charge in [-0.15, -0.1) is 0 Å². The third kappa shape index (κ3) is 3.83. The van der Waals surface area contributed by atoms with E-state index < -0.39 is 0 Å². The van der Waals surface area contributed by atoms with Gasteiger partial charge in [-0.05, 0) is 43.6 Å². The van der Waals surface area contributed by atoms with Crippen LogP contribution in [0.25, 0.3) is 11.2 Å². The lowest BCUT2D eigenvalue weighted by atomic mass is 10.2. The predicted octanol–water partition coefficient (Wildman–Crippen LogP) is 4.42. The molecule has 0 bridgehead atoms. The first-order chi connectivity index (χ1) is 11.8. The van der Waals surface area contributed by atoms with Gasteiger partial charge in [-0.25, -0.2) is 4.98 Å². The summed E-state index contributed by atoms with van der Waals surface area (Å²) < 4.78 is 1.91. The molecule has 9 heteroatoms. The van der Waals surface area contributed by atoms with Crippen molar-refractivity contribution in [2.75, 3.05) is 10.6 Å². The fourth-order valence-corrected chi connectivity index (χ4v) is 2.83. The van der Waals surface area contributed by atoms with Crippen LogP contribution in [0.2, 0.25) is 10.3 Å². The molecule has 2 heterocycles. The molecule has 7 nitrogen and oxygen atoms in total. The Morgan fingerprint density at radius 1 is 1.16 bits per heavy atom. The maximum Gasteiger partial charge on any atom is 0.226 e. The lowest BCUT2D eigenvalue weighted by molar-refractivity contribution is -0.114. The Balaban J connectivity index is 2.03. The molecule has 25 heavy (non-hydrogen) atoms. The van der Waals surface area contributed by atoms with Gasteiger partial charge < -0.3 is 15.2 Å².